The molecule has 2 heteroatoms. The van der Waals surface area contributed by atoms with Gasteiger partial charge in [-0.2, -0.15) is 12.6 Å². The molecule has 5 unspecified atom stereocenters. The Labute approximate surface area is 70.4 Å². The van der Waals surface area contributed by atoms with Crippen LogP contribution in [0.5, 0.6) is 0 Å². The van der Waals surface area contributed by atoms with Gasteiger partial charge in [-0.05, 0) is 30.3 Å². The molecule has 0 spiro atoms. The minimum atomic E-state index is 0.497. The lowest BCUT2D eigenvalue weighted by atomic mass is 9.79. The van der Waals surface area contributed by atoms with E-state index >= 15 is 0 Å². The molecule has 2 aliphatic heterocycles. The molecule has 1 saturated carbocycles. The fourth-order valence-electron chi connectivity index (χ4n) is 2.26. The summed E-state index contributed by atoms with van der Waals surface area (Å²) in [4.78, 5) is 0. The summed E-state index contributed by atoms with van der Waals surface area (Å²) in [7, 11) is 1.16. The van der Waals surface area contributed by atoms with E-state index in [2.05, 4.69) is 13.8 Å². The average molecular weight is 174 g/mol. The fourth-order valence-corrected chi connectivity index (χ4v) is 5.56. The lowest BCUT2D eigenvalue weighted by Crippen LogP contribution is -2.47. The molecule has 0 aromatic carbocycles. The van der Waals surface area contributed by atoms with Gasteiger partial charge in [-0.3, -0.25) is 0 Å². The van der Waals surface area contributed by atoms with Crippen LogP contribution in [0.15, 0.2) is 0 Å². The minimum Gasteiger partial charge on any atom is -0.168 e. The van der Waals surface area contributed by atoms with E-state index in [-0.39, 0.29) is 0 Å². The zero-order valence-corrected chi connectivity index (χ0v) is 8.49. The lowest BCUT2D eigenvalue weighted by Gasteiger charge is -2.55. The van der Waals surface area contributed by atoms with Crippen molar-refractivity contribution in [1.29, 1.82) is 0 Å². The van der Waals surface area contributed by atoms with Gasteiger partial charge in [0.15, 0.2) is 0 Å². The fraction of sp³-hybridized carbons (Fsp3) is 1.00. The third kappa shape index (κ3) is 0.940. The van der Waals surface area contributed by atoms with Gasteiger partial charge in [-0.25, -0.2) is 0 Å². The van der Waals surface area contributed by atoms with Crippen LogP contribution in [0.1, 0.15) is 26.7 Å². The van der Waals surface area contributed by atoms with E-state index in [1.165, 1.54) is 12.8 Å². The summed E-state index contributed by atoms with van der Waals surface area (Å²) in [6.45, 7) is 4.79. The third-order valence-corrected chi connectivity index (χ3v) is 6.00. The largest absolute Gasteiger partial charge is 0.168 e. The Balaban J connectivity index is 2.10. The van der Waals surface area contributed by atoms with Crippen molar-refractivity contribution in [1.82, 2.24) is 0 Å². The molecule has 3 fully saturated rings. The summed E-state index contributed by atoms with van der Waals surface area (Å²) in [5, 5.41) is 0. The van der Waals surface area contributed by atoms with Gasteiger partial charge in [0, 0.05) is 4.49 Å². The molecule has 5 atom stereocenters. The van der Waals surface area contributed by atoms with Crippen molar-refractivity contribution in [2.45, 2.75) is 36.8 Å². The van der Waals surface area contributed by atoms with E-state index in [1.54, 1.807) is 0 Å². The Morgan fingerprint density at radius 2 is 2.00 bits per heavy atom. The highest BCUT2D eigenvalue weighted by atomic mass is 32.1. The van der Waals surface area contributed by atoms with Crippen LogP contribution in [0.25, 0.3) is 0 Å². The van der Waals surface area contributed by atoms with E-state index < -0.39 is 0 Å². The zero-order chi connectivity index (χ0) is 7.35. The molecule has 1 aliphatic carbocycles. The number of hydrogen-bond donors (Lipinski definition) is 1. The van der Waals surface area contributed by atoms with Crippen LogP contribution in [0.4, 0.5) is 0 Å². The quantitative estimate of drug-likeness (QED) is 0.423. The van der Waals surface area contributed by atoms with Crippen LogP contribution in [-0.2, 0) is 0 Å². The molecule has 2 saturated heterocycles. The van der Waals surface area contributed by atoms with Gasteiger partial charge in [-0.1, -0.05) is 13.8 Å². The summed E-state index contributed by atoms with van der Waals surface area (Å²) < 4.78 is 0.497. The SMILES string of the molecule is CC1CC2(S)CC(P2)C1C. The second kappa shape index (κ2) is 2.14. The summed E-state index contributed by atoms with van der Waals surface area (Å²) >= 11 is 4.70. The molecule has 10 heavy (non-hydrogen) atoms. The molecule has 58 valence electrons. The van der Waals surface area contributed by atoms with Crippen LogP contribution in [-0.4, -0.2) is 10.1 Å². The Kier molecular flexibility index (Phi) is 1.59. The number of fused-ring (bicyclic) bond motifs is 2. The highest BCUT2D eigenvalue weighted by Gasteiger charge is 2.50. The second-order valence-electron chi connectivity index (χ2n) is 4.03. The van der Waals surface area contributed by atoms with Crippen molar-refractivity contribution in [3.63, 3.8) is 0 Å². The van der Waals surface area contributed by atoms with Gasteiger partial charge in [-0.15, -0.1) is 8.58 Å². The molecule has 0 radical (unpaired) electrons. The first kappa shape index (κ1) is 7.43. The Bertz CT molecular complexity index is 149. The van der Waals surface area contributed by atoms with Gasteiger partial charge in [0.2, 0.25) is 0 Å². The summed E-state index contributed by atoms with van der Waals surface area (Å²) in [5.74, 6) is 1.91. The Morgan fingerprint density at radius 3 is 2.40 bits per heavy atom. The van der Waals surface area contributed by atoms with E-state index in [0.717, 1.165) is 26.1 Å². The van der Waals surface area contributed by atoms with Gasteiger partial charge >= 0.3 is 0 Å². The maximum absolute atomic E-state index is 4.70. The number of rotatable bonds is 0. The van der Waals surface area contributed by atoms with Crippen molar-refractivity contribution in [3.05, 3.63) is 0 Å². The maximum atomic E-state index is 4.70. The van der Waals surface area contributed by atoms with Gasteiger partial charge in [0.05, 0.1) is 0 Å². The lowest BCUT2D eigenvalue weighted by molar-refractivity contribution is 0.249. The Morgan fingerprint density at radius 1 is 1.40 bits per heavy atom. The summed E-state index contributed by atoms with van der Waals surface area (Å²) in [5.41, 5.74) is 1.04. The molecule has 0 amide bonds. The molecule has 3 rings (SSSR count). The standard InChI is InChI=1S/C8H15PS/c1-5-3-8(10)4-7(9-8)6(5)2/h5-7,9-10H,3-4H2,1-2H3. The first-order valence-corrected chi connectivity index (χ1v) is 5.63. The van der Waals surface area contributed by atoms with Gasteiger partial charge in [0.1, 0.15) is 0 Å². The molecule has 0 N–H and O–H groups in total. The van der Waals surface area contributed by atoms with Gasteiger partial charge in [0.25, 0.3) is 0 Å². The van der Waals surface area contributed by atoms with Crippen LogP contribution >= 0.6 is 21.2 Å². The van der Waals surface area contributed by atoms with Gasteiger partial charge < -0.3 is 0 Å². The number of thiol groups is 1. The molecule has 2 heterocycles. The molecule has 0 aromatic heterocycles. The Hall–Kier alpha value is 0.780. The van der Waals surface area contributed by atoms with E-state index in [4.69, 9.17) is 12.6 Å². The third-order valence-electron chi connectivity index (χ3n) is 3.20. The zero-order valence-electron chi connectivity index (χ0n) is 6.59. The summed E-state index contributed by atoms with van der Waals surface area (Å²) in [6, 6.07) is 0. The van der Waals surface area contributed by atoms with Crippen molar-refractivity contribution in [2.75, 3.05) is 0 Å². The normalized spacial score (nSPS) is 62.1. The predicted molar refractivity (Wildman–Crippen MR) is 51.4 cm³/mol. The highest BCUT2D eigenvalue weighted by molar-refractivity contribution is 7.89. The highest BCUT2D eigenvalue weighted by Crippen LogP contribution is 2.66. The smallest absolute Gasteiger partial charge is 0.0310 e. The monoisotopic (exact) mass is 174 g/mol. The topological polar surface area (TPSA) is 0 Å². The molecular formula is C8H15PS. The van der Waals surface area contributed by atoms with Crippen molar-refractivity contribution >= 4 is 21.2 Å². The minimum absolute atomic E-state index is 0.497. The van der Waals surface area contributed by atoms with Crippen LogP contribution in [0.2, 0.25) is 0 Å². The van der Waals surface area contributed by atoms with E-state index in [0.29, 0.717) is 4.49 Å². The van der Waals surface area contributed by atoms with Crippen molar-refractivity contribution < 1.29 is 0 Å². The summed E-state index contributed by atoms with van der Waals surface area (Å²) in [6.07, 6.45) is 2.77. The first-order valence-electron chi connectivity index (χ1n) is 4.11. The molecular weight excluding hydrogens is 159 g/mol. The van der Waals surface area contributed by atoms with E-state index in [9.17, 15) is 0 Å². The average Bonchev–Trinajstić information content (AvgIpc) is 1.77. The van der Waals surface area contributed by atoms with Crippen LogP contribution in [0.3, 0.4) is 0 Å². The second-order valence-corrected chi connectivity index (χ2v) is 7.29. The number of hydrogen-bond acceptors (Lipinski definition) is 1. The van der Waals surface area contributed by atoms with Crippen LogP contribution in [0, 0.1) is 11.8 Å². The van der Waals surface area contributed by atoms with Crippen LogP contribution < -0.4 is 0 Å². The van der Waals surface area contributed by atoms with E-state index in [1.807, 2.05) is 0 Å². The molecule has 0 nitrogen and oxygen atoms in total. The first-order chi connectivity index (χ1) is 4.61. The molecule has 2 bridgehead atoms. The predicted octanol–water partition coefficient (Wildman–Crippen LogP) is 2.74. The molecule has 0 aromatic rings. The van der Waals surface area contributed by atoms with Crippen molar-refractivity contribution in [3.8, 4) is 0 Å². The van der Waals surface area contributed by atoms with Crippen molar-refractivity contribution in [2.24, 2.45) is 11.8 Å². The maximum Gasteiger partial charge on any atom is 0.0310 e. The molecule has 3 aliphatic rings.